The van der Waals surface area contributed by atoms with E-state index in [0.29, 0.717) is 5.56 Å². The summed E-state index contributed by atoms with van der Waals surface area (Å²) >= 11 is 0. The van der Waals surface area contributed by atoms with E-state index in [4.69, 9.17) is 4.74 Å². The molecule has 0 fully saturated rings. The maximum Gasteiger partial charge on any atom is 0.336 e. The van der Waals surface area contributed by atoms with Gasteiger partial charge in [0.15, 0.2) is 0 Å². The summed E-state index contributed by atoms with van der Waals surface area (Å²) in [5, 5.41) is 10.9. The van der Waals surface area contributed by atoms with E-state index in [2.05, 4.69) is 20.5 Å². The van der Waals surface area contributed by atoms with Crippen molar-refractivity contribution in [1.29, 1.82) is 0 Å². The molecule has 0 radical (unpaired) electrons. The van der Waals surface area contributed by atoms with E-state index in [9.17, 15) is 4.79 Å². The largest absolute Gasteiger partial charge is 0.466 e. The second-order valence-corrected chi connectivity index (χ2v) is 4.15. The van der Waals surface area contributed by atoms with Crippen molar-refractivity contribution in [2.75, 3.05) is 12.4 Å². The summed E-state index contributed by atoms with van der Waals surface area (Å²) in [6.45, 7) is 0. The summed E-state index contributed by atoms with van der Waals surface area (Å²) in [6.07, 6.45) is 0. The van der Waals surface area contributed by atoms with E-state index < -0.39 is 0 Å². The molecule has 1 aromatic heterocycles. The number of methoxy groups -OCH3 is 1. The Hall–Kier alpha value is -2.89. The van der Waals surface area contributed by atoms with Crippen molar-refractivity contribution >= 4 is 22.6 Å². The maximum atomic E-state index is 12.3. The van der Waals surface area contributed by atoms with Crippen molar-refractivity contribution in [2.45, 2.75) is 0 Å². The fourth-order valence-electron chi connectivity index (χ4n) is 1.99. The summed E-state index contributed by atoms with van der Waals surface area (Å²) < 4.78 is 4.85. The van der Waals surface area contributed by atoms with Gasteiger partial charge in [-0.3, -0.25) is 10.1 Å². The number of amides is 1. The smallest absolute Gasteiger partial charge is 0.336 e. The summed E-state index contributed by atoms with van der Waals surface area (Å²) in [5.41, 5.74) is 0.582. The van der Waals surface area contributed by atoms with Gasteiger partial charge in [-0.1, -0.05) is 36.4 Å². The number of rotatable bonds is 3. The van der Waals surface area contributed by atoms with E-state index in [-0.39, 0.29) is 17.9 Å². The molecule has 0 aliphatic carbocycles. The van der Waals surface area contributed by atoms with Gasteiger partial charge in [-0.05, 0) is 16.8 Å². The number of nitrogens with one attached hydrogen (secondary N) is 2. The zero-order chi connectivity index (χ0) is 13.9. The monoisotopic (exact) mass is 268 g/mol. The minimum absolute atomic E-state index is 0.179. The lowest BCUT2D eigenvalue weighted by molar-refractivity contribution is 0.102. The van der Waals surface area contributed by atoms with Crippen molar-refractivity contribution in [3.8, 4) is 6.01 Å². The molecule has 1 heterocycles. The van der Waals surface area contributed by atoms with Crippen LogP contribution in [0.2, 0.25) is 0 Å². The van der Waals surface area contributed by atoms with Gasteiger partial charge in [0.25, 0.3) is 5.91 Å². The quantitative estimate of drug-likeness (QED) is 0.763. The number of H-pyrrole nitrogens is 1. The molecule has 2 N–H and O–H groups in total. The summed E-state index contributed by atoms with van der Waals surface area (Å²) in [5.74, 6) is 0.000359. The number of carbonyl (C=O) groups excluding carboxylic acids is 1. The number of nitrogens with zero attached hydrogens (tertiary/aromatic N) is 2. The Labute approximate surface area is 114 Å². The molecule has 2 aromatic carbocycles. The highest BCUT2D eigenvalue weighted by molar-refractivity contribution is 6.12. The molecular weight excluding hydrogens is 256 g/mol. The third-order valence-corrected chi connectivity index (χ3v) is 2.91. The van der Waals surface area contributed by atoms with Crippen LogP contribution in [0, 0.1) is 0 Å². The van der Waals surface area contributed by atoms with E-state index in [1.54, 1.807) is 6.07 Å². The summed E-state index contributed by atoms with van der Waals surface area (Å²) in [4.78, 5) is 16.2. The number of carbonyl (C=O) groups is 1. The van der Waals surface area contributed by atoms with E-state index in [1.165, 1.54) is 7.11 Å². The number of anilines is 1. The van der Waals surface area contributed by atoms with E-state index in [0.717, 1.165) is 10.8 Å². The number of benzene rings is 2. The minimum atomic E-state index is -0.249. The van der Waals surface area contributed by atoms with Crippen LogP contribution in [-0.4, -0.2) is 28.2 Å². The summed E-state index contributed by atoms with van der Waals surface area (Å²) in [7, 11) is 1.46. The van der Waals surface area contributed by atoms with Crippen LogP contribution in [0.3, 0.4) is 0 Å². The van der Waals surface area contributed by atoms with E-state index >= 15 is 0 Å². The Balaban J connectivity index is 1.92. The van der Waals surface area contributed by atoms with Gasteiger partial charge in [0.2, 0.25) is 5.95 Å². The van der Waals surface area contributed by atoms with Gasteiger partial charge in [-0.2, -0.15) is 4.98 Å². The third kappa shape index (κ3) is 2.18. The van der Waals surface area contributed by atoms with Gasteiger partial charge in [0, 0.05) is 5.56 Å². The zero-order valence-corrected chi connectivity index (χ0v) is 10.8. The Morgan fingerprint density at radius 2 is 2.00 bits per heavy atom. The lowest BCUT2D eigenvalue weighted by Gasteiger charge is -2.05. The first kappa shape index (κ1) is 12.2. The molecule has 3 aromatic rings. The SMILES string of the molecule is COc1n[nH]c(NC(=O)c2cccc3ccccc23)n1. The second-order valence-electron chi connectivity index (χ2n) is 4.15. The number of hydrogen-bond donors (Lipinski definition) is 2. The first-order valence-corrected chi connectivity index (χ1v) is 6.03. The van der Waals surface area contributed by atoms with Crippen LogP contribution in [0.15, 0.2) is 42.5 Å². The topological polar surface area (TPSA) is 79.9 Å². The first-order chi connectivity index (χ1) is 9.78. The van der Waals surface area contributed by atoms with Crippen LogP contribution in [0.25, 0.3) is 10.8 Å². The number of aromatic amines is 1. The average Bonchev–Trinajstić information content (AvgIpc) is 2.94. The lowest BCUT2D eigenvalue weighted by atomic mass is 10.0. The van der Waals surface area contributed by atoms with Gasteiger partial charge in [-0.15, -0.1) is 5.10 Å². The molecule has 6 heteroatoms. The first-order valence-electron chi connectivity index (χ1n) is 6.03. The molecule has 6 nitrogen and oxygen atoms in total. The second kappa shape index (κ2) is 5.00. The van der Waals surface area contributed by atoms with Crippen molar-refractivity contribution < 1.29 is 9.53 Å². The molecule has 3 rings (SSSR count). The fraction of sp³-hybridized carbons (Fsp3) is 0.0714. The Kier molecular flexibility index (Phi) is 3.04. The molecule has 0 aliphatic rings. The molecule has 0 saturated carbocycles. The van der Waals surface area contributed by atoms with Gasteiger partial charge in [0.1, 0.15) is 0 Å². The molecule has 0 bridgehead atoms. The molecule has 1 amide bonds. The van der Waals surface area contributed by atoms with Crippen LogP contribution in [0.4, 0.5) is 5.95 Å². The fourth-order valence-corrected chi connectivity index (χ4v) is 1.99. The minimum Gasteiger partial charge on any atom is -0.466 e. The highest BCUT2D eigenvalue weighted by atomic mass is 16.5. The Morgan fingerprint density at radius 3 is 2.80 bits per heavy atom. The van der Waals surface area contributed by atoms with Crippen LogP contribution < -0.4 is 10.1 Å². The average molecular weight is 268 g/mol. The number of ether oxygens (including phenoxy) is 1. The Bertz CT molecular complexity index is 761. The molecule has 0 spiro atoms. The molecule has 0 aliphatic heterocycles. The lowest BCUT2D eigenvalue weighted by Crippen LogP contribution is -2.13. The molecule has 0 unspecified atom stereocenters. The molecule has 20 heavy (non-hydrogen) atoms. The van der Waals surface area contributed by atoms with Crippen molar-refractivity contribution in [2.24, 2.45) is 0 Å². The molecule has 0 saturated heterocycles. The third-order valence-electron chi connectivity index (χ3n) is 2.91. The molecule has 100 valence electrons. The van der Waals surface area contributed by atoms with Gasteiger partial charge < -0.3 is 4.74 Å². The Morgan fingerprint density at radius 1 is 1.20 bits per heavy atom. The van der Waals surface area contributed by atoms with Crippen LogP contribution in [-0.2, 0) is 0 Å². The summed E-state index contributed by atoms with van der Waals surface area (Å²) in [6, 6.07) is 13.5. The van der Waals surface area contributed by atoms with E-state index in [1.807, 2.05) is 36.4 Å². The van der Waals surface area contributed by atoms with Crippen LogP contribution in [0.1, 0.15) is 10.4 Å². The molecule has 0 atom stereocenters. The van der Waals surface area contributed by atoms with Crippen LogP contribution in [0.5, 0.6) is 6.01 Å². The highest BCUT2D eigenvalue weighted by Gasteiger charge is 2.12. The van der Waals surface area contributed by atoms with Crippen molar-refractivity contribution in [1.82, 2.24) is 15.2 Å². The predicted molar refractivity (Wildman–Crippen MR) is 74.8 cm³/mol. The normalized spacial score (nSPS) is 10.4. The highest BCUT2D eigenvalue weighted by Crippen LogP contribution is 2.19. The van der Waals surface area contributed by atoms with Gasteiger partial charge >= 0.3 is 6.01 Å². The van der Waals surface area contributed by atoms with Gasteiger partial charge in [0.05, 0.1) is 7.11 Å². The standard InChI is InChI=1S/C14H12N4O2/c1-20-14-16-13(17-18-14)15-12(19)11-8-4-6-9-5-2-3-7-10(9)11/h2-8H,1H3,(H2,15,16,17,18,19). The number of fused-ring (bicyclic) bond motifs is 1. The zero-order valence-electron chi connectivity index (χ0n) is 10.8. The van der Waals surface area contributed by atoms with Gasteiger partial charge in [-0.25, -0.2) is 5.10 Å². The maximum absolute atomic E-state index is 12.3. The molecular formula is C14H12N4O2. The predicted octanol–water partition coefficient (Wildman–Crippen LogP) is 2.22. The van der Waals surface area contributed by atoms with Crippen molar-refractivity contribution in [3.63, 3.8) is 0 Å². The number of aromatic nitrogens is 3. The number of hydrogen-bond acceptors (Lipinski definition) is 4. The van der Waals surface area contributed by atoms with Crippen molar-refractivity contribution in [3.05, 3.63) is 48.0 Å². The van der Waals surface area contributed by atoms with Crippen LogP contribution >= 0.6 is 0 Å².